The lowest BCUT2D eigenvalue weighted by atomic mass is 9.91. The van der Waals surface area contributed by atoms with Crippen LogP contribution in [-0.4, -0.2) is 30.0 Å². The van der Waals surface area contributed by atoms with Crippen molar-refractivity contribution in [3.63, 3.8) is 0 Å². The van der Waals surface area contributed by atoms with Crippen molar-refractivity contribution in [2.75, 3.05) is 11.6 Å². The minimum atomic E-state index is -0.450. The van der Waals surface area contributed by atoms with Crippen LogP contribution in [0.15, 0.2) is 29.2 Å². The molecule has 128 valence electrons. The van der Waals surface area contributed by atoms with Crippen LogP contribution < -0.4 is 10.6 Å². The number of alkyl carbamates (subject to hydrolysis) is 1. The molecule has 0 heterocycles. The summed E-state index contributed by atoms with van der Waals surface area (Å²) < 4.78 is 5.35. The van der Waals surface area contributed by atoms with E-state index in [4.69, 9.17) is 4.74 Å². The number of ether oxygens (including phenoxy) is 1. The second kappa shape index (κ2) is 7.95. The fourth-order valence-corrected chi connectivity index (χ4v) is 3.33. The molecule has 0 radical (unpaired) electrons. The second-order valence-corrected chi connectivity index (χ2v) is 7.96. The van der Waals surface area contributed by atoms with E-state index >= 15 is 0 Å². The average molecular weight is 337 g/mol. The Balaban J connectivity index is 1.86. The summed E-state index contributed by atoms with van der Waals surface area (Å²) in [4.78, 5) is 13.2. The molecular weight excluding hydrogens is 308 g/mol. The molecule has 1 saturated carbocycles. The Morgan fingerprint density at radius 1 is 1.26 bits per heavy atom. The minimum Gasteiger partial charge on any atom is -0.444 e. The summed E-state index contributed by atoms with van der Waals surface area (Å²) in [5, 5.41) is 6.61. The number of nitrogens with one attached hydrogen (secondary N) is 2. The third-order valence-electron chi connectivity index (χ3n) is 3.84. The molecule has 1 aromatic rings. The highest BCUT2D eigenvalue weighted by Gasteiger charge is 2.25. The number of anilines is 1. The first-order valence-electron chi connectivity index (χ1n) is 8.26. The maximum absolute atomic E-state index is 11.9. The van der Waals surface area contributed by atoms with Crippen LogP contribution in [0.25, 0.3) is 0 Å². The minimum absolute atomic E-state index is 0.180. The van der Waals surface area contributed by atoms with E-state index in [1.165, 1.54) is 4.90 Å². The van der Waals surface area contributed by atoms with Gasteiger partial charge in [-0.05, 0) is 70.9 Å². The molecule has 2 rings (SSSR count). The van der Waals surface area contributed by atoms with Gasteiger partial charge in [-0.15, -0.1) is 11.8 Å². The van der Waals surface area contributed by atoms with Gasteiger partial charge < -0.3 is 15.4 Å². The van der Waals surface area contributed by atoms with Gasteiger partial charge in [0, 0.05) is 22.7 Å². The van der Waals surface area contributed by atoms with E-state index in [9.17, 15) is 4.79 Å². The maximum Gasteiger partial charge on any atom is 0.407 e. The molecular formula is C18H28N2O2S. The number of hydrogen-bond acceptors (Lipinski definition) is 4. The molecule has 2 unspecified atom stereocenters. The standard InChI is InChI=1S/C18H28N2O2S/c1-18(2,3)22-17(21)20-14-8-5-7-13(11-14)19-15-9-6-10-16(12-15)23-4/h6,9-10,12-14,19H,5,7-8,11H2,1-4H3,(H,20,21). The van der Waals surface area contributed by atoms with Crippen molar-refractivity contribution < 1.29 is 9.53 Å². The van der Waals surface area contributed by atoms with E-state index in [-0.39, 0.29) is 12.1 Å². The van der Waals surface area contributed by atoms with Crippen molar-refractivity contribution in [1.29, 1.82) is 0 Å². The van der Waals surface area contributed by atoms with E-state index in [0.717, 1.165) is 31.4 Å². The van der Waals surface area contributed by atoms with Crippen LogP contribution in [0.1, 0.15) is 46.5 Å². The lowest BCUT2D eigenvalue weighted by Gasteiger charge is -2.31. The zero-order chi connectivity index (χ0) is 16.9. The fourth-order valence-electron chi connectivity index (χ4n) is 2.87. The average Bonchev–Trinajstić information content (AvgIpc) is 2.45. The molecule has 5 heteroatoms. The number of thioether (sulfide) groups is 1. The van der Waals surface area contributed by atoms with E-state index in [0.29, 0.717) is 6.04 Å². The Hall–Kier alpha value is -1.36. The number of carbonyl (C=O) groups is 1. The molecule has 0 bridgehead atoms. The highest BCUT2D eigenvalue weighted by atomic mass is 32.2. The lowest BCUT2D eigenvalue weighted by Crippen LogP contribution is -2.43. The summed E-state index contributed by atoms with van der Waals surface area (Å²) in [6.45, 7) is 5.66. The highest BCUT2D eigenvalue weighted by molar-refractivity contribution is 7.98. The molecule has 0 aromatic heterocycles. The molecule has 2 atom stereocenters. The van der Waals surface area contributed by atoms with Crippen molar-refractivity contribution in [3.05, 3.63) is 24.3 Å². The number of amides is 1. The summed E-state index contributed by atoms with van der Waals surface area (Å²) in [6, 6.07) is 9.04. The monoisotopic (exact) mass is 336 g/mol. The van der Waals surface area contributed by atoms with Crippen LogP contribution >= 0.6 is 11.8 Å². The number of benzene rings is 1. The van der Waals surface area contributed by atoms with E-state index in [2.05, 4.69) is 41.2 Å². The van der Waals surface area contributed by atoms with Gasteiger partial charge in [-0.1, -0.05) is 6.07 Å². The topological polar surface area (TPSA) is 50.4 Å². The summed E-state index contributed by atoms with van der Waals surface area (Å²) >= 11 is 1.75. The van der Waals surface area contributed by atoms with Gasteiger partial charge >= 0.3 is 6.09 Å². The van der Waals surface area contributed by atoms with Crippen LogP contribution in [0.2, 0.25) is 0 Å². The Bertz CT molecular complexity index is 528. The van der Waals surface area contributed by atoms with Crippen molar-refractivity contribution in [3.8, 4) is 0 Å². The first-order valence-corrected chi connectivity index (χ1v) is 9.48. The van der Waals surface area contributed by atoms with E-state index in [1.807, 2.05) is 20.8 Å². The van der Waals surface area contributed by atoms with Crippen LogP contribution in [0.4, 0.5) is 10.5 Å². The molecule has 1 aliphatic rings. The van der Waals surface area contributed by atoms with Crippen molar-refractivity contribution in [2.45, 2.75) is 69.0 Å². The van der Waals surface area contributed by atoms with Crippen LogP contribution in [0.5, 0.6) is 0 Å². The molecule has 0 aliphatic heterocycles. The predicted molar refractivity (Wildman–Crippen MR) is 97.3 cm³/mol. The highest BCUT2D eigenvalue weighted by Crippen LogP contribution is 2.25. The summed E-state index contributed by atoms with van der Waals surface area (Å²) in [5.41, 5.74) is 0.703. The molecule has 1 fully saturated rings. The van der Waals surface area contributed by atoms with Crippen molar-refractivity contribution >= 4 is 23.5 Å². The van der Waals surface area contributed by atoms with Gasteiger partial charge in [0.15, 0.2) is 0 Å². The molecule has 1 aromatic carbocycles. The zero-order valence-corrected chi connectivity index (χ0v) is 15.3. The van der Waals surface area contributed by atoms with Crippen molar-refractivity contribution in [1.82, 2.24) is 5.32 Å². The largest absolute Gasteiger partial charge is 0.444 e. The van der Waals surface area contributed by atoms with Gasteiger partial charge in [0.2, 0.25) is 0 Å². The Morgan fingerprint density at radius 3 is 2.70 bits per heavy atom. The zero-order valence-electron chi connectivity index (χ0n) is 14.5. The SMILES string of the molecule is CSc1cccc(NC2CCCC(NC(=O)OC(C)(C)C)C2)c1. The van der Waals surface area contributed by atoms with Crippen LogP contribution in [0, 0.1) is 0 Å². The molecule has 0 saturated heterocycles. The molecule has 2 N–H and O–H groups in total. The van der Waals surface area contributed by atoms with Gasteiger partial charge in [-0.3, -0.25) is 0 Å². The Kier molecular flexibility index (Phi) is 6.22. The second-order valence-electron chi connectivity index (χ2n) is 7.08. The van der Waals surface area contributed by atoms with Gasteiger partial charge in [-0.2, -0.15) is 0 Å². The third kappa shape index (κ3) is 6.34. The molecule has 4 nitrogen and oxygen atoms in total. The summed E-state index contributed by atoms with van der Waals surface area (Å²) in [7, 11) is 0. The van der Waals surface area contributed by atoms with E-state index < -0.39 is 5.60 Å². The van der Waals surface area contributed by atoms with Crippen molar-refractivity contribution in [2.24, 2.45) is 0 Å². The first-order chi connectivity index (χ1) is 10.9. The molecule has 1 amide bonds. The maximum atomic E-state index is 11.9. The fraction of sp³-hybridized carbons (Fsp3) is 0.611. The molecule has 23 heavy (non-hydrogen) atoms. The van der Waals surface area contributed by atoms with Gasteiger partial charge in [0.25, 0.3) is 0 Å². The van der Waals surface area contributed by atoms with Gasteiger partial charge in [-0.25, -0.2) is 4.79 Å². The number of hydrogen-bond donors (Lipinski definition) is 2. The quantitative estimate of drug-likeness (QED) is 0.785. The first kappa shape index (κ1) is 18.0. The van der Waals surface area contributed by atoms with E-state index in [1.54, 1.807) is 11.8 Å². The molecule has 0 spiro atoms. The summed E-state index contributed by atoms with van der Waals surface area (Å²) in [6.07, 6.45) is 5.97. The normalized spacial score (nSPS) is 21.6. The lowest BCUT2D eigenvalue weighted by molar-refractivity contribution is 0.0492. The number of rotatable bonds is 4. The Morgan fingerprint density at radius 2 is 2.00 bits per heavy atom. The third-order valence-corrected chi connectivity index (χ3v) is 4.56. The van der Waals surface area contributed by atoms with Crippen LogP contribution in [0.3, 0.4) is 0 Å². The smallest absolute Gasteiger partial charge is 0.407 e. The number of carbonyl (C=O) groups excluding carboxylic acids is 1. The predicted octanol–water partition coefficient (Wildman–Crippen LogP) is 4.66. The van der Waals surface area contributed by atoms with Gasteiger partial charge in [0.1, 0.15) is 5.60 Å². The molecule has 1 aliphatic carbocycles. The summed E-state index contributed by atoms with van der Waals surface area (Å²) in [5.74, 6) is 0. The van der Waals surface area contributed by atoms with Crippen LogP contribution in [-0.2, 0) is 4.74 Å². The van der Waals surface area contributed by atoms with Gasteiger partial charge in [0.05, 0.1) is 0 Å². The Labute approximate surface area is 143 Å².